The van der Waals surface area contributed by atoms with Gasteiger partial charge in [0.05, 0.1) is 18.3 Å². The Morgan fingerprint density at radius 3 is 2.41 bits per heavy atom. The van der Waals surface area contributed by atoms with Gasteiger partial charge in [-0.1, -0.05) is 0 Å². The number of aliphatic carboxylic acids is 1. The van der Waals surface area contributed by atoms with E-state index in [1.807, 2.05) is 0 Å². The number of carboxylic acid groups (broad SMARTS) is 1. The molecule has 0 aliphatic carbocycles. The van der Waals surface area contributed by atoms with Crippen molar-refractivity contribution in [3.8, 4) is 0 Å². The highest BCUT2D eigenvalue weighted by Gasteiger charge is 2.33. The van der Waals surface area contributed by atoms with Crippen LogP contribution < -0.4 is 0 Å². The lowest BCUT2D eigenvalue weighted by molar-refractivity contribution is -0.150. The van der Waals surface area contributed by atoms with E-state index in [9.17, 15) is 4.79 Å². The highest BCUT2D eigenvalue weighted by Crippen LogP contribution is 2.22. The summed E-state index contributed by atoms with van der Waals surface area (Å²) in [6.07, 6.45) is 1.43. The average molecular weight is 243 g/mol. The maximum absolute atomic E-state index is 10.8. The highest BCUT2D eigenvalue weighted by atomic mass is 16.5. The number of hydrogen-bond donors (Lipinski definition) is 1. The molecule has 0 aromatic carbocycles. The number of carboxylic acids is 1. The highest BCUT2D eigenvalue weighted by molar-refractivity contribution is 5.72. The van der Waals surface area contributed by atoms with Gasteiger partial charge < -0.3 is 14.6 Å². The molecule has 2 aliphatic rings. The third-order valence-electron chi connectivity index (χ3n) is 3.34. The quantitative estimate of drug-likeness (QED) is 0.791. The van der Waals surface area contributed by atoms with Crippen LogP contribution in [0.15, 0.2) is 0 Å². The third-order valence-corrected chi connectivity index (χ3v) is 3.34. The zero-order chi connectivity index (χ0) is 12.4. The van der Waals surface area contributed by atoms with Gasteiger partial charge in [0.1, 0.15) is 0 Å². The van der Waals surface area contributed by atoms with E-state index in [2.05, 4.69) is 18.7 Å². The van der Waals surface area contributed by atoms with Crippen LogP contribution in [0.3, 0.4) is 0 Å². The summed E-state index contributed by atoms with van der Waals surface area (Å²) in [5.74, 6) is -0.837. The summed E-state index contributed by atoms with van der Waals surface area (Å²) in [6, 6.07) is 0. The van der Waals surface area contributed by atoms with Gasteiger partial charge in [-0.05, 0) is 26.7 Å². The molecule has 2 fully saturated rings. The second-order valence-corrected chi connectivity index (χ2v) is 5.14. The van der Waals surface area contributed by atoms with Crippen molar-refractivity contribution in [1.29, 1.82) is 0 Å². The van der Waals surface area contributed by atoms with Crippen LogP contribution in [0.5, 0.6) is 0 Å². The molecule has 2 aliphatic heterocycles. The van der Waals surface area contributed by atoms with Crippen molar-refractivity contribution in [2.24, 2.45) is 0 Å². The van der Waals surface area contributed by atoms with Crippen LogP contribution in [-0.2, 0) is 14.3 Å². The lowest BCUT2D eigenvalue weighted by Gasteiger charge is -2.36. The summed E-state index contributed by atoms with van der Waals surface area (Å²) < 4.78 is 11.2. The Morgan fingerprint density at radius 2 is 1.88 bits per heavy atom. The van der Waals surface area contributed by atoms with Gasteiger partial charge >= 0.3 is 5.97 Å². The smallest absolute Gasteiger partial charge is 0.332 e. The molecule has 0 amide bonds. The van der Waals surface area contributed by atoms with Crippen molar-refractivity contribution < 1.29 is 19.4 Å². The van der Waals surface area contributed by atoms with Gasteiger partial charge in [-0.2, -0.15) is 0 Å². The Balaban J connectivity index is 1.79. The molecule has 1 N–H and O–H groups in total. The van der Waals surface area contributed by atoms with Crippen LogP contribution in [0.4, 0.5) is 0 Å². The van der Waals surface area contributed by atoms with E-state index in [1.54, 1.807) is 0 Å². The zero-order valence-electron chi connectivity index (χ0n) is 10.5. The van der Waals surface area contributed by atoms with Crippen molar-refractivity contribution in [3.63, 3.8) is 0 Å². The fraction of sp³-hybridized carbons (Fsp3) is 0.917. The van der Waals surface area contributed by atoms with Gasteiger partial charge in [0.25, 0.3) is 0 Å². The molecule has 2 heterocycles. The van der Waals surface area contributed by atoms with Crippen molar-refractivity contribution >= 4 is 5.97 Å². The van der Waals surface area contributed by atoms with Crippen LogP contribution in [0.2, 0.25) is 0 Å². The molecule has 4 atom stereocenters. The van der Waals surface area contributed by atoms with Gasteiger partial charge in [0.2, 0.25) is 0 Å². The largest absolute Gasteiger partial charge is 0.479 e. The van der Waals surface area contributed by atoms with Gasteiger partial charge in [0, 0.05) is 19.6 Å². The number of ether oxygens (including phenoxy) is 2. The molecule has 0 aromatic heterocycles. The molecule has 5 heteroatoms. The van der Waals surface area contributed by atoms with E-state index < -0.39 is 12.1 Å². The van der Waals surface area contributed by atoms with Gasteiger partial charge in [-0.3, -0.25) is 4.90 Å². The average Bonchev–Trinajstić information content (AvgIpc) is 2.64. The minimum absolute atomic E-state index is 0.0635. The first-order valence-corrected chi connectivity index (χ1v) is 6.30. The molecule has 0 radical (unpaired) electrons. The third kappa shape index (κ3) is 3.40. The van der Waals surface area contributed by atoms with Gasteiger partial charge in [-0.15, -0.1) is 0 Å². The molecule has 0 spiro atoms. The fourth-order valence-electron chi connectivity index (χ4n) is 2.74. The van der Waals surface area contributed by atoms with Crippen LogP contribution in [0.1, 0.15) is 26.7 Å². The molecule has 0 bridgehead atoms. The van der Waals surface area contributed by atoms with E-state index >= 15 is 0 Å². The van der Waals surface area contributed by atoms with E-state index in [0.717, 1.165) is 26.1 Å². The molecular weight excluding hydrogens is 222 g/mol. The van der Waals surface area contributed by atoms with E-state index in [1.165, 1.54) is 0 Å². The fourth-order valence-corrected chi connectivity index (χ4v) is 2.74. The molecule has 17 heavy (non-hydrogen) atoms. The number of morpholine rings is 1. The molecule has 0 saturated carbocycles. The maximum Gasteiger partial charge on any atom is 0.332 e. The molecule has 0 aromatic rings. The summed E-state index contributed by atoms with van der Waals surface area (Å²) in [5, 5.41) is 8.86. The lowest BCUT2D eigenvalue weighted by atomic mass is 10.1. The molecule has 2 rings (SSSR count). The SMILES string of the molecule is CC1CN(CC2CCC(C(=O)O)O2)CC(C)O1. The van der Waals surface area contributed by atoms with Crippen molar-refractivity contribution in [3.05, 3.63) is 0 Å². The first-order chi connectivity index (χ1) is 8.04. The zero-order valence-corrected chi connectivity index (χ0v) is 10.5. The van der Waals surface area contributed by atoms with Crippen molar-refractivity contribution in [2.45, 2.75) is 51.1 Å². The first-order valence-electron chi connectivity index (χ1n) is 6.30. The van der Waals surface area contributed by atoms with Crippen LogP contribution in [0, 0.1) is 0 Å². The molecule has 2 saturated heterocycles. The van der Waals surface area contributed by atoms with Crippen LogP contribution in [-0.4, -0.2) is 60.0 Å². The molecule has 5 nitrogen and oxygen atoms in total. The van der Waals surface area contributed by atoms with Crippen molar-refractivity contribution in [2.75, 3.05) is 19.6 Å². The maximum atomic E-state index is 10.8. The normalized spacial score (nSPS) is 39.4. The first kappa shape index (κ1) is 12.8. The Labute approximate surface area is 102 Å². The summed E-state index contributed by atoms with van der Waals surface area (Å²) in [6.45, 7) is 6.77. The predicted octanol–water partition coefficient (Wildman–Crippen LogP) is 0.728. The monoisotopic (exact) mass is 243 g/mol. The number of rotatable bonds is 3. The molecule has 98 valence electrons. The number of hydrogen-bond acceptors (Lipinski definition) is 4. The Morgan fingerprint density at radius 1 is 1.24 bits per heavy atom. The van der Waals surface area contributed by atoms with E-state index in [-0.39, 0.29) is 18.3 Å². The summed E-state index contributed by atoms with van der Waals surface area (Å²) in [4.78, 5) is 13.1. The van der Waals surface area contributed by atoms with Crippen LogP contribution >= 0.6 is 0 Å². The Kier molecular flexibility index (Phi) is 4.01. The molecule has 4 unspecified atom stereocenters. The topological polar surface area (TPSA) is 59.0 Å². The standard InChI is InChI=1S/C12H21NO4/c1-8-5-13(6-9(2)16-8)7-10-3-4-11(17-10)12(14)15/h8-11H,3-7H2,1-2H3,(H,14,15). The van der Waals surface area contributed by atoms with Gasteiger partial charge in [-0.25, -0.2) is 4.79 Å². The molecular formula is C12H21NO4. The minimum atomic E-state index is -0.837. The lowest BCUT2D eigenvalue weighted by Crippen LogP contribution is -2.48. The van der Waals surface area contributed by atoms with Crippen LogP contribution in [0.25, 0.3) is 0 Å². The summed E-state index contributed by atoms with van der Waals surface area (Å²) >= 11 is 0. The minimum Gasteiger partial charge on any atom is -0.479 e. The summed E-state index contributed by atoms with van der Waals surface area (Å²) in [7, 11) is 0. The Bertz CT molecular complexity index is 274. The van der Waals surface area contributed by atoms with E-state index in [0.29, 0.717) is 6.42 Å². The summed E-state index contributed by atoms with van der Waals surface area (Å²) in [5.41, 5.74) is 0. The van der Waals surface area contributed by atoms with E-state index in [4.69, 9.17) is 14.6 Å². The predicted molar refractivity (Wildman–Crippen MR) is 62.0 cm³/mol. The second-order valence-electron chi connectivity index (χ2n) is 5.14. The number of carbonyl (C=O) groups is 1. The van der Waals surface area contributed by atoms with Gasteiger partial charge in [0.15, 0.2) is 6.10 Å². The second kappa shape index (κ2) is 5.33. The number of nitrogens with zero attached hydrogens (tertiary/aromatic N) is 1. The van der Waals surface area contributed by atoms with Crippen molar-refractivity contribution in [1.82, 2.24) is 4.90 Å². The Hall–Kier alpha value is -0.650.